The number of ketones is 1. The molecule has 0 unspecified atom stereocenters. The van der Waals surface area contributed by atoms with Gasteiger partial charge in [-0.05, 0) is 25.5 Å². The van der Waals surface area contributed by atoms with Crippen molar-refractivity contribution >= 4 is 11.6 Å². The monoisotopic (exact) mass is 192 g/mol. The summed E-state index contributed by atoms with van der Waals surface area (Å²) in [6.45, 7) is 4.65. The molecule has 76 valence electrons. The van der Waals surface area contributed by atoms with Crippen LogP contribution in [0.1, 0.15) is 30.6 Å². The third kappa shape index (κ3) is 2.55. The zero-order valence-corrected chi connectivity index (χ0v) is 8.95. The van der Waals surface area contributed by atoms with Gasteiger partial charge in [0.1, 0.15) is 5.82 Å². The maximum atomic E-state index is 11.0. The molecule has 0 atom stereocenters. The third-order valence-electron chi connectivity index (χ3n) is 2.10. The summed E-state index contributed by atoms with van der Waals surface area (Å²) >= 11 is 0. The maximum Gasteiger partial charge on any atom is 0.161 e. The number of anilines is 1. The fourth-order valence-corrected chi connectivity index (χ4v) is 1.27. The second-order valence-electron chi connectivity index (χ2n) is 3.38. The number of hydrogen-bond donors (Lipinski definition) is 0. The minimum atomic E-state index is 0.0576. The first kappa shape index (κ1) is 10.7. The van der Waals surface area contributed by atoms with E-state index in [9.17, 15) is 4.79 Å². The quantitative estimate of drug-likeness (QED) is 0.685. The first-order valence-corrected chi connectivity index (χ1v) is 4.83. The fraction of sp³-hybridized carbons (Fsp3) is 0.455. The van der Waals surface area contributed by atoms with Crippen LogP contribution in [0.25, 0.3) is 0 Å². The predicted octanol–water partition coefficient (Wildman–Crippen LogP) is 2.13. The summed E-state index contributed by atoms with van der Waals surface area (Å²) in [5, 5.41) is 0. The van der Waals surface area contributed by atoms with Crippen LogP contribution < -0.4 is 4.90 Å². The van der Waals surface area contributed by atoms with Crippen LogP contribution in [-0.4, -0.2) is 24.4 Å². The molecule has 0 amide bonds. The van der Waals surface area contributed by atoms with Crippen molar-refractivity contribution in [2.75, 3.05) is 18.5 Å². The number of rotatable bonds is 4. The molecule has 1 rings (SSSR count). The minimum Gasteiger partial charge on any atom is -0.360 e. The van der Waals surface area contributed by atoms with Gasteiger partial charge in [-0.15, -0.1) is 0 Å². The SMILES string of the molecule is CCCN(C)c1ccc(C(C)=O)cn1. The lowest BCUT2D eigenvalue weighted by molar-refractivity contribution is 0.101. The van der Waals surface area contributed by atoms with E-state index in [2.05, 4.69) is 16.8 Å². The highest BCUT2D eigenvalue weighted by Crippen LogP contribution is 2.09. The highest BCUT2D eigenvalue weighted by molar-refractivity contribution is 5.93. The Balaban J connectivity index is 2.77. The highest BCUT2D eigenvalue weighted by atomic mass is 16.1. The number of carbonyl (C=O) groups is 1. The molecule has 0 saturated carbocycles. The van der Waals surface area contributed by atoms with Gasteiger partial charge < -0.3 is 4.90 Å². The Bertz CT molecular complexity index is 306. The molecular weight excluding hydrogens is 176 g/mol. The summed E-state index contributed by atoms with van der Waals surface area (Å²) in [5.74, 6) is 0.971. The van der Waals surface area contributed by atoms with Crippen molar-refractivity contribution in [1.29, 1.82) is 0 Å². The lowest BCUT2D eigenvalue weighted by Crippen LogP contribution is -2.18. The van der Waals surface area contributed by atoms with E-state index in [0.717, 1.165) is 18.8 Å². The molecule has 0 bridgehead atoms. The first-order valence-electron chi connectivity index (χ1n) is 4.83. The fourth-order valence-electron chi connectivity index (χ4n) is 1.27. The zero-order valence-electron chi connectivity index (χ0n) is 8.95. The second-order valence-corrected chi connectivity index (χ2v) is 3.38. The van der Waals surface area contributed by atoms with E-state index in [0.29, 0.717) is 5.56 Å². The number of carbonyl (C=O) groups excluding carboxylic acids is 1. The third-order valence-corrected chi connectivity index (χ3v) is 2.10. The number of Topliss-reactive ketones (excluding diaryl/α,β-unsaturated/α-hetero) is 1. The summed E-state index contributed by atoms with van der Waals surface area (Å²) in [7, 11) is 2.00. The molecular formula is C11H16N2O. The van der Waals surface area contributed by atoms with Gasteiger partial charge >= 0.3 is 0 Å². The van der Waals surface area contributed by atoms with Crippen LogP contribution in [0.5, 0.6) is 0 Å². The average Bonchev–Trinajstić information content (AvgIpc) is 2.18. The number of nitrogens with zero attached hydrogens (tertiary/aromatic N) is 2. The minimum absolute atomic E-state index is 0.0576. The summed E-state index contributed by atoms with van der Waals surface area (Å²) < 4.78 is 0. The summed E-state index contributed by atoms with van der Waals surface area (Å²) in [5.41, 5.74) is 0.665. The van der Waals surface area contributed by atoms with Crippen LogP contribution in [0, 0.1) is 0 Å². The van der Waals surface area contributed by atoms with Gasteiger partial charge in [0.25, 0.3) is 0 Å². The van der Waals surface area contributed by atoms with Crippen LogP contribution in [-0.2, 0) is 0 Å². The van der Waals surface area contributed by atoms with Crippen molar-refractivity contribution in [2.45, 2.75) is 20.3 Å². The Morgan fingerprint density at radius 1 is 1.50 bits per heavy atom. The maximum absolute atomic E-state index is 11.0. The molecule has 0 aliphatic carbocycles. The van der Waals surface area contributed by atoms with Gasteiger partial charge in [0, 0.05) is 25.4 Å². The van der Waals surface area contributed by atoms with E-state index in [1.165, 1.54) is 0 Å². The molecule has 0 aliphatic rings. The van der Waals surface area contributed by atoms with Gasteiger partial charge in [-0.25, -0.2) is 4.98 Å². The molecule has 14 heavy (non-hydrogen) atoms. The Hall–Kier alpha value is -1.38. The summed E-state index contributed by atoms with van der Waals surface area (Å²) in [6.07, 6.45) is 2.72. The van der Waals surface area contributed by atoms with Crippen LogP contribution in [0.4, 0.5) is 5.82 Å². The Morgan fingerprint density at radius 2 is 2.21 bits per heavy atom. The van der Waals surface area contributed by atoms with Crippen molar-refractivity contribution in [3.63, 3.8) is 0 Å². The van der Waals surface area contributed by atoms with Gasteiger partial charge in [-0.3, -0.25) is 4.79 Å². The van der Waals surface area contributed by atoms with Crippen molar-refractivity contribution in [2.24, 2.45) is 0 Å². The molecule has 1 aromatic rings. The van der Waals surface area contributed by atoms with E-state index in [-0.39, 0.29) is 5.78 Å². The molecule has 1 heterocycles. The van der Waals surface area contributed by atoms with Gasteiger partial charge in [0.05, 0.1) is 0 Å². The Labute approximate surface area is 84.8 Å². The van der Waals surface area contributed by atoms with Gasteiger partial charge in [0.15, 0.2) is 5.78 Å². The molecule has 0 aliphatic heterocycles. The molecule has 0 radical (unpaired) electrons. The van der Waals surface area contributed by atoms with Crippen LogP contribution in [0.15, 0.2) is 18.3 Å². The number of pyridine rings is 1. The molecule has 0 spiro atoms. The lowest BCUT2D eigenvalue weighted by Gasteiger charge is -2.16. The molecule has 0 aromatic carbocycles. The zero-order chi connectivity index (χ0) is 10.6. The van der Waals surface area contributed by atoms with Crippen LogP contribution >= 0.6 is 0 Å². The van der Waals surface area contributed by atoms with Crippen molar-refractivity contribution < 1.29 is 4.79 Å². The number of hydrogen-bond acceptors (Lipinski definition) is 3. The molecule has 3 heteroatoms. The van der Waals surface area contributed by atoms with Gasteiger partial charge in [-0.1, -0.05) is 6.92 Å². The van der Waals surface area contributed by atoms with Crippen molar-refractivity contribution in [3.05, 3.63) is 23.9 Å². The first-order chi connectivity index (χ1) is 6.65. The van der Waals surface area contributed by atoms with E-state index >= 15 is 0 Å². The normalized spacial score (nSPS) is 9.93. The van der Waals surface area contributed by atoms with Gasteiger partial charge in [0.2, 0.25) is 0 Å². The topological polar surface area (TPSA) is 33.2 Å². The molecule has 0 saturated heterocycles. The molecule has 1 aromatic heterocycles. The van der Waals surface area contributed by atoms with Crippen molar-refractivity contribution in [1.82, 2.24) is 4.98 Å². The largest absolute Gasteiger partial charge is 0.360 e. The molecule has 0 N–H and O–H groups in total. The predicted molar refractivity (Wildman–Crippen MR) is 57.8 cm³/mol. The van der Waals surface area contributed by atoms with Gasteiger partial charge in [-0.2, -0.15) is 0 Å². The number of aromatic nitrogens is 1. The smallest absolute Gasteiger partial charge is 0.161 e. The lowest BCUT2D eigenvalue weighted by atomic mass is 10.2. The van der Waals surface area contributed by atoms with Crippen molar-refractivity contribution in [3.8, 4) is 0 Å². The molecule has 0 fully saturated rings. The Morgan fingerprint density at radius 3 is 2.64 bits per heavy atom. The van der Waals surface area contributed by atoms with E-state index in [4.69, 9.17) is 0 Å². The average molecular weight is 192 g/mol. The molecule has 3 nitrogen and oxygen atoms in total. The highest BCUT2D eigenvalue weighted by Gasteiger charge is 2.02. The standard InChI is InChI=1S/C11H16N2O/c1-4-7-13(3)11-6-5-10(8-12-11)9(2)14/h5-6,8H,4,7H2,1-3H3. The Kier molecular flexibility index (Phi) is 3.63. The second kappa shape index (κ2) is 4.74. The van der Waals surface area contributed by atoms with E-state index < -0.39 is 0 Å². The van der Waals surface area contributed by atoms with Crippen LogP contribution in [0.3, 0.4) is 0 Å². The van der Waals surface area contributed by atoms with E-state index in [1.807, 2.05) is 19.2 Å². The van der Waals surface area contributed by atoms with E-state index in [1.54, 1.807) is 13.1 Å². The summed E-state index contributed by atoms with van der Waals surface area (Å²) in [4.78, 5) is 17.3. The van der Waals surface area contributed by atoms with Crippen LogP contribution in [0.2, 0.25) is 0 Å². The summed E-state index contributed by atoms with van der Waals surface area (Å²) in [6, 6.07) is 3.70.